The third kappa shape index (κ3) is 5.67. The van der Waals surface area contributed by atoms with Gasteiger partial charge in [0.05, 0.1) is 0 Å². The van der Waals surface area contributed by atoms with Gasteiger partial charge in [0, 0.05) is 36.8 Å². The largest absolute Gasteiger partial charge is 0.369 e. The number of benzene rings is 1. The minimum absolute atomic E-state index is 0. The van der Waals surface area contributed by atoms with Gasteiger partial charge in [0.25, 0.3) is 0 Å². The molecule has 2 rings (SSSR count). The van der Waals surface area contributed by atoms with Crippen LogP contribution in [0.3, 0.4) is 0 Å². The third-order valence-corrected chi connectivity index (χ3v) is 4.09. The van der Waals surface area contributed by atoms with E-state index in [2.05, 4.69) is 34.5 Å². The highest BCUT2D eigenvalue weighted by Gasteiger charge is 2.24. The Morgan fingerprint density at radius 3 is 2.50 bits per heavy atom. The summed E-state index contributed by atoms with van der Waals surface area (Å²) < 4.78 is 0. The van der Waals surface area contributed by atoms with Crippen molar-refractivity contribution >= 4 is 36.4 Å². The molecule has 1 aromatic rings. The number of rotatable bonds is 4. The molecule has 0 spiro atoms. The molecule has 3 atom stereocenters. The fourth-order valence-corrected chi connectivity index (χ4v) is 2.54. The summed E-state index contributed by atoms with van der Waals surface area (Å²) in [5, 5.41) is 3.14. The van der Waals surface area contributed by atoms with Crippen molar-refractivity contribution in [3.05, 3.63) is 30.3 Å². The molecule has 6 heteroatoms. The van der Waals surface area contributed by atoms with Crippen molar-refractivity contribution < 1.29 is 4.79 Å². The van der Waals surface area contributed by atoms with Gasteiger partial charge in [0.2, 0.25) is 5.91 Å². The SMILES string of the molecule is CC(N)C(C)C(=O)NC1CCCN(c2ccccc2)C1.Cl.Cl. The first-order chi connectivity index (χ1) is 9.58. The van der Waals surface area contributed by atoms with Gasteiger partial charge < -0.3 is 16.0 Å². The molecule has 1 saturated heterocycles. The number of nitrogens with two attached hydrogens (primary N) is 1. The van der Waals surface area contributed by atoms with Crippen molar-refractivity contribution in [3.63, 3.8) is 0 Å². The Balaban J connectivity index is 0.00000220. The molecule has 0 bridgehead atoms. The molecule has 3 unspecified atom stereocenters. The number of carbonyl (C=O) groups is 1. The normalized spacial score (nSPS) is 20.1. The van der Waals surface area contributed by atoms with Crippen LogP contribution in [0.15, 0.2) is 30.3 Å². The number of carbonyl (C=O) groups excluding carboxylic acids is 1. The molecule has 0 radical (unpaired) electrons. The van der Waals surface area contributed by atoms with Gasteiger partial charge in [-0.25, -0.2) is 0 Å². The first-order valence-corrected chi connectivity index (χ1v) is 7.44. The lowest BCUT2D eigenvalue weighted by Gasteiger charge is -2.35. The maximum atomic E-state index is 12.1. The monoisotopic (exact) mass is 347 g/mol. The van der Waals surface area contributed by atoms with Crippen LogP contribution in [-0.4, -0.2) is 31.1 Å². The van der Waals surface area contributed by atoms with Crippen LogP contribution in [0.1, 0.15) is 26.7 Å². The van der Waals surface area contributed by atoms with Gasteiger partial charge in [0.1, 0.15) is 0 Å². The van der Waals surface area contributed by atoms with E-state index >= 15 is 0 Å². The molecule has 22 heavy (non-hydrogen) atoms. The molecular formula is C16H27Cl2N3O. The predicted octanol–water partition coefficient (Wildman–Crippen LogP) is 2.60. The minimum Gasteiger partial charge on any atom is -0.369 e. The van der Waals surface area contributed by atoms with Crippen LogP contribution in [0.5, 0.6) is 0 Å². The highest BCUT2D eigenvalue weighted by Crippen LogP contribution is 2.19. The van der Waals surface area contributed by atoms with Crippen LogP contribution in [0.2, 0.25) is 0 Å². The molecule has 3 N–H and O–H groups in total. The molecular weight excluding hydrogens is 321 g/mol. The predicted molar refractivity (Wildman–Crippen MR) is 97.1 cm³/mol. The Morgan fingerprint density at radius 2 is 1.91 bits per heavy atom. The van der Waals surface area contributed by atoms with E-state index in [-0.39, 0.29) is 48.7 Å². The van der Waals surface area contributed by atoms with Crippen molar-refractivity contribution in [2.75, 3.05) is 18.0 Å². The zero-order valence-corrected chi connectivity index (χ0v) is 14.8. The Hall–Kier alpha value is -0.970. The lowest BCUT2D eigenvalue weighted by molar-refractivity contribution is -0.125. The second-order valence-electron chi connectivity index (χ2n) is 5.78. The van der Waals surface area contributed by atoms with Crippen molar-refractivity contribution in [3.8, 4) is 0 Å². The van der Waals surface area contributed by atoms with Gasteiger partial charge in [-0.2, -0.15) is 0 Å². The second kappa shape index (κ2) is 9.93. The fraction of sp³-hybridized carbons (Fsp3) is 0.562. The summed E-state index contributed by atoms with van der Waals surface area (Å²) in [6.45, 7) is 5.69. The number of amides is 1. The Morgan fingerprint density at radius 1 is 1.27 bits per heavy atom. The van der Waals surface area contributed by atoms with Crippen LogP contribution in [0.25, 0.3) is 0 Å². The van der Waals surface area contributed by atoms with Crippen molar-refractivity contribution in [2.24, 2.45) is 11.7 Å². The topological polar surface area (TPSA) is 58.4 Å². The van der Waals surface area contributed by atoms with E-state index in [1.165, 1.54) is 5.69 Å². The van der Waals surface area contributed by atoms with E-state index in [1.54, 1.807) is 0 Å². The van der Waals surface area contributed by atoms with E-state index in [4.69, 9.17) is 5.73 Å². The number of para-hydroxylation sites is 1. The maximum absolute atomic E-state index is 12.1. The average Bonchev–Trinajstić information content (AvgIpc) is 2.47. The number of halogens is 2. The quantitative estimate of drug-likeness (QED) is 0.879. The van der Waals surface area contributed by atoms with Crippen LogP contribution < -0.4 is 16.0 Å². The summed E-state index contributed by atoms with van der Waals surface area (Å²) in [5.74, 6) is -0.0676. The molecule has 1 aliphatic heterocycles. The molecule has 0 aromatic heterocycles. The summed E-state index contributed by atoms with van der Waals surface area (Å²) in [7, 11) is 0. The number of piperidine rings is 1. The molecule has 1 heterocycles. The molecule has 1 fully saturated rings. The zero-order valence-electron chi connectivity index (χ0n) is 13.2. The summed E-state index contributed by atoms with van der Waals surface area (Å²) >= 11 is 0. The van der Waals surface area contributed by atoms with Crippen molar-refractivity contribution in [1.82, 2.24) is 5.32 Å². The number of hydrogen-bond donors (Lipinski definition) is 2. The minimum atomic E-state index is -0.137. The summed E-state index contributed by atoms with van der Waals surface area (Å²) in [4.78, 5) is 14.4. The molecule has 126 valence electrons. The van der Waals surface area contributed by atoms with Crippen molar-refractivity contribution in [1.29, 1.82) is 0 Å². The van der Waals surface area contributed by atoms with Gasteiger partial charge in [-0.05, 0) is 31.9 Å². The molecule has 1 aromatic carbocycles. The van der Waals surface area contributed by atoms with Crippen LogP contribution >= 0.6 is 24.8 Å². The summed E-state index contributed by atoms with van der Waals surface area (Å²) in [5.41, 5.74) is 7.02. The Kier molecular flexibility index (Phi) is 9.49. The van der Waals surface area contributed by atoms with Crippen molar-refractivity contribution in [2.45, 2.75) is 38.8 Å². The Labute approximate surface area is 145 Å². The first kappa shape index (κ1) is 21.0. The molecule has 4 nitrogen and oxygen atoms in total. The fourth-order valence-electron chi connectivity index (χ4n) is 2.54. The van der Waals surface area contributed by atoms with Crippen LogP contribution in [0, 0.1) is 5.92 Å². The number of nitrogens with one attached hydrogen (secondary N) is 1. The third-order valence-electron chi connectivity index (χ3n) is 4.09. The molecule has 0 aliphatic carbocycles. The van der Waals surface area contributed by atoms with E-state index in [0.29, 0.717) is 0 Å². The lowest BCUT2D eigenvalue weighted by Crippen LogP contribution is -2.50. The second-order valence-corrected chi connectivity index (χ2v) is 5.78. The van der Waals surface area contributed by atoms with Crippen LogP contribution in [0.4, 0.5) is 5.69 Å². The van der Waals surface area contributed by atoms with Gasteiger partial charge in [0.15, 0.2) is 0 Å². The highest BCUT2D eigenvalue weighted by atomic mass is 35.5. The van der Waals surface area contributed by atoms with E-state index in [9.17, 15) is 4.79 Å². The molecule has 1 amide bonds. The smallest absolute Gasteiger partial charge is 0.224 e. The zero-order chi connectivity index (χ0) is 14.5. The summed E-state index contributed by atoms with van der Waals surface area (Å²) in [6, 6.07) is 10.5. The standard InChI is InChI=1S/C16H25N3O.2ClH/c1-12(13(2)17)16(20)18-14-7-6-10-19(11-14)15-8-4-3-5-9-15;;/h3-5,8-9,12-14H,6-7,10-11,17H2,1-2H3,(H,18,20);2*1H. The average molecular weight is 348 g/mol. The lowest BCUT2D eigenvalue weighted by atomic mass is 10.0. The van der Waals surface area contributed by atoms with Gasteiger partial charge in [-0.15, -0.1) is 24.8 Å². The molecule has 1 aliphatic rings. The number of anilines is 1. The Bertz CT molecular complexity index is 442. The van der Waals surface area contributed by atoms with Gasteiger partial charge in [-0.3, -0.25) is 4.79 Å². The van der Waals surface area contributed by atoms with Gasteiger partial charge in [-0.1, -0.05) is 25.1 Å². The van der Waals surface area contributed by atoms with Gasteiger partial charge >= 0.3 is 0 Å². The number of nitrogens with zero attached hydrogens (tertiary/aromatic N) is 1. The van der Waals surface area contributed by atoms with E-state index in [0.717, 1.165) is 25.9 Å². The molecule has 0 saturated carbocycles. The first-order valence-electron chi connectivity index (χ1n) is 7.44. The highest BCUT2D eigenvalue weighted by molar-refractivity contribution is 5.85. The van der Waals surface area contributed by atoms with Crippen LogP contribution in [-0.2, 0) is 4.79 Å². The number of hydrogen-bond acceptors (Lipinski definition) is 3. The van der Waals surface area contributed by atoms with E-state index in [1.807, 2.05) is 19.9 Å². The maximum Gasteiger partial charge on any atom is 0.224 e. The van der Waals surface area contributed by atoms with E-state index < -0.39 is 0 Å². The summed E-state index contributed by atoms with van der Waals surface area (Å²) in [6.07, 6.45) is 2.15.